The molecule has 0 aliphatic heterocycles. The summed E-state index contributed by atoms with van der Waals surface area (Å²) in [5, 5.41) is 9.53. The van der Waals surface area contributed by atoms with Crippen molar-refractivity contribution in [3.63, 3.8) is 0 Å². The molecule has 0 saturated carbocycles. The highest BCUT2D eigenvalue weighted by Gasteiger charge is 2.13. The van der Waals surface area contributed by atoms with Gasteiger partial charge in [0.2, 0.25) is 5.88 Å². The number of nitrogens with zero attached hydrogens (tertiary/aromatic N) is 2. The van der Waals surface area contributed by atoms with Gasteiger partial charge in [0.25, 0.3) is 0 Å². The lowest BCUT2D eigenvalue weighted by molar-refractivity contribution is 0.391. The number of methoxy groups -OCH3 is 1. The Labute approximate surface area is 134 Å². The number of halogens is 3. The van der Waals surface area contributed by atoms with Crippen molar-refractivity contribution in [2.45, 2.75) is 0 Å². The zero-order valence-electron chi connectivity index (χ0n) is 10.2. The van der Waals surface area contributed by atoms with Crippen molar-refractivity contribution in [1.82, 2.24) is 4.98 Å². The van der Waals surface area contributed by atoms with Crippen molar-refractivity contribution in [2.75, 3.05) is 7.11 Å². The molecule has 102 valence electrons. The van der Waals surface area contributed by atoms with Gasteiger partial charge in [0.15, 0.2) is 5.75 Å². The molecule has 4 nitrogen and oxygen atoms in total. The number of aromatic nitrogens is 1. The molecule has 0 aliphatic carbocycles. The first-order valence-electron chi connectivity index (χ1n) is 5.32. The summed E-state index contributed by atoms with van der Waals surface area (Å²) in [6.07, 6.45) is 0. The minimum Gasteiger partial charge on any atom is -0.480 e. The van der Waals surface area contributed by atoms with Crippen LogP contribution in [0.3, 0.4) is 0 Å². The molecule has 1 heterocycles. The second-order valence-electron chi connectivity index (χ2n) is 3.66. The zero-order valence-corrected chi connectivity index (χ0v) is 13.3. The van der Waals surface area contributed by atoms with Crippen molar-refractivity contribution >= 4 is 39.1 Å². The maximum absolute atomic E-state index is 8.91. The summed E-state index contributed by atoms with van der Waals surface area (Å²) in [7, 11) is 1.46. The van der Waals surface area contributed by atoms with E-state index in [1.54, 1.807) is 24.3 Å². The zero-order chi connectivity index (χ0) is 14.7. The number of hydrogen-bond acceptors (Lipinski definition) is 4. The third kappa shape index (κ3) is 3.34. The van der Waals surface area contributed by atoms with Crippen LogP contribution in [0.4, 0.5) is 0 Å². The Balaban J connectivity index is 2.42. The molecule has 7 heteroatoms. The third-order valence-electron chi connectivity index (χ3n) is 2.28. The molecule has 2 aromatic rings. The van der Waals surface area contributed by atoms with E-state index in [2.05, 4.69) is 20.9 Å². The normalized spacial score (nSPS) is 9.95. The standard InChI is InChI=1S/C13H7BrCl2N2O2/c1-19-13-12(16)10(5-11(14)18-13)20-9-3-7(6-17)2-8(15)4-9/h2-5H,1H3. The Hall–Kier alpha value is -1.48. The van der Waals surface area contributed by atoms with Gasteiger partial charge in [0, 0.05) is 11.1 Å². The molecule has 0 amide bonds. The Bertz CT molecular complexity index is 702. The molecule has 1 aromatic heterocycles. The van der Waals surface area contributed by atoms with Crippen LogP contribution in [-0.2, 0) is 0 Å². The Kier molecular flexibility index (Phi) is 4.71. The fraction of sp³-hybridized carbons (Fsp3) is 0.0769. The molecular weight excluding hydrogens is 367 g/mol. The van der Waals surface area contributed by atoms with E-state index in [-0.39, 0.29) is 10.9 Å². The summed E-state index contributed by atoms with van der Waals surface area (Å²) in [4.78, 5) is 4.05. The molecule has 0 N–H and O–H groups in total. The van der Waals surface area contributed by atoms with Crippen LogP contribution in [0, 0.1) is 11.3 Å². The molecule has 2 rings (SSSR count). The van der Waals surface area contributed by atoms with Gasteiger partial charge in [-0.15, -0.1) is 0 Å². The van der Waals surface area contributed by atoms with Gasteiger partial charge in [-0.2, -0.15) is 5.26 Å². The van der Waals surface area contributed by atoms with E-state index in [4.69, 9.17) is 37.9 Å². The summed E-state index contributed by atoms with van der Waals surface area (Å²) < 4.78 is 11.2. The molecule has 0 fully saturated rings. The highest BCUT2D eigenvalue weighted by Crippen LogP contribution is 2.37. The number of hydrogen-bond donors (Lipinski definition) is 0. The van der Waals surface area contributed by atoms with Gasteiger partial charge in [0.1, 0.15) is 15.4 Å². The maximum Gasteiger partial charge on any atom is 0.237 e. The van der Waals surface area contributed by atoms with Crippen LogP contribution >= 0.6 is 39.1 Å². The van der Waals surface area contributed by atoms with Crippen LogP contribution in [0.15, 0.2) is 28.9 Å². The Morgan fingerprint density at radius 1 is 1.25 bits per heavy atom. The minimum atomic E-state index is 0.231. The van der Waals surface area contributed by atoms with Crippen molar-refractivity contribution in [2.24, 2.45) is 0 Å². The van der Waals surface area contributed by atoms with Gasteiger partial charge in [-0.1, -0.05) is 23.2 Å². The number of rotatable bonds is 3. The molecule has 20 heavy (non-hydrogen) atoms. The largest absolute Gasteiger partial charge is 0.480 e. The Morgan fingerprint density at radius 3 is 2.65 bits per heavy atom. The Morgan fingerprint density at radius 2 is 2.00 bits per heavy atom. The third-order valence-corrected chi connectivity index (χ3v) is 3.26. The first-order valence-corrected chi connectivity index (χ1v) is 6.87. The van der Waals surface area contributed by atoms with E-state index >= 15 is 0 Å². The van der Waals surface area contributed by atoms with Crippen molar-refractivity contribution in [3.8, 4) is 23.4 Å². The van der Waals surface area contributed by atoms with Crippen LogP contribution in [0.1, 0.15) is 5.56 Å². The summed E-state index contributed by atoms with van der Waals surface area (Å²) in [6, 6.07) is 8.28. The number of ether oxygens (including phenoxy) is 2. The van der Waals surface area contributed by atoms with Gasteiger partial charge >= 0.3 is 0 Å². The predicted octanol–water partition coefficient (Wildman–Crippen LogP) is 4.82. The van der Waals surface area contributed by atoms with Gasteiger partial charge in [0.05, 0.1) is 18.7 Å². The lowest BCUT2D eigenvalue weighted by Gasteiger charge is -2.11. The highest BCUT2D eigenvalue weighted by molar-refractivity contribution is 9.10. The van der Waals surface area contributed by atoms with Crippen LogP contribution in [0.25, 0.3) is 0 Å². The van der Waals surface area contributed by atoms with Crippen molar-refractivity contribution in [1.29, 1.82) is 5.26 Å². The second-order valence-corrected chi connectivity index (χ2v) is 5.28. The van der Waals surface area contributed by atoms with Crippen LogP contribution in [-0.4, -0.2) is 12.1 Å². The average Bonchev–Trinajstić information content (AvgIpc) is 2.41. The number of benzene rings is 1. The van der Waals surface area contributed by atoms with Gasteiger partial charge < -0.3 is 9.47 Å². The van der Waals surface area contributed by atoms with Gasteiger partial charge in [-0.3, -0.25) is 0 Å². The van der Waals surface area contributed by atoms with E-state index in [0.29, 0.717) is 26.7 Å². The molecule has 0 saturated heterocycles. The summed E-state index contributed by atoms with van der Waals surface area (Å²) in [5.74, 6) is 0.978. The summed E-state index contributed by atoms with van der Waals surface area (Å²) in [6.45, 7) is 0. The predicted molar refractivity (Wildman–Crippen MR) is 79.7 cm³/mol. The van der Waals surface area contributed by atoms with Gasteiger partial charge in [-0.25, -0.2) is 4.98 Å². The lowest BCUT2D eigenvalue weighted by Crippen LogP contribution is -1.93. The monoisotopic (exact) mass is 372 g/mol. The number of pyridine rings is 1. The quantitative estimate of drug-likeness (QED) is 0.723. The van der Waals surface area contributed by atoms with Crippen molar-refractivity contribution < 1.29 is 9.47 Å². The molecule has 0 radical (unpaired) electrons. The smallest absolute Gasteiger partial charge is 0.237 e. The molecule has 0 bridgehead atoms. The summed E-state index contributed by atoms with van der Waals surface area (Å²) in [5.41, 5.74) is 0.392. The minimum absolute atomic E-state index is 0.231. The first kappa shape index (κ1) is 14.9. The maximum atomic E-state index is 8.91. The number of nitriles is 1. The molecule has 0 spiro atoms. The lowest BCUT2D eigenvalue weighted by atomic mass is 10.2. The fourth-order valence-corrected chi connectivity index (χ4v) is 2.28. The SMILES string of the molecule is COc1nc(Br)cc(Oc2cc(Cl)cc(C#N)c2)c1Cl. The van der Waals surface area contributed by atoms with E-state index in [1.807, 2.05) is 6.07 Å². The molecule has 1 aromatic carbocycles. The second kappa shape index (κ2) is 6.31. The van der Waals surface area contributed by atoms with Crippen molar-refractivity contribution in [3.05, 3.63) is 44.5 Å². The summed E-state index contributed by atoms with van der Waals surface area (Å²) >= 11 is 15.3. The topological polar surface area (TPSA) is 55.1 Å². The van der Waals surface area contributed by atoms with E-state index in [1.165, 1.54) is 7.11 Å². The fourth-order valence-electron chi connectivity index (χ4n) is 1.48. The van der Waals surface area contributed by atoms with E-state index < -0.39 is 0 Å². The molecule has 0 atom stereocenters. The molecule has 0 unspecified atom stereocenters. The van der Waals surface area contributed by atoms with Crippen LogP contribution in [0.5, 0.6) is 17.4 Å². The van der Waals surface area contributed by atoms with Crippen LogP contribution in [0.2, 0.25) is 10.0 Å². The van der Waals surface area contributed by atoms with Gasteiger partial charge in [-0.05, 0) is 34.1 Å². The highest BCUT2D eigenvalue weighted by atomic mass is 79.9. The van der Waals surface area contributed by atoms with Crippen LogP contribution < -0.4 is 9.47 Å². The average molecular weight is 374 g/mol. The molecule has 0 aliphatic rings. The molecular formula is C13H7BrCl2N2O2. The van der Waals surface area contributed by atoms with E-state index in [9.17, 15) is 0 Å². The first-order chi connectivity index (χ1) is 9.53. The van der Waals surface area contributed by atoms with E-state index in [0.717, 1.165) is 0 Å².